The highest BCUT2D eigenvalue weighted by atomic mass is 15.3. The highest BCUT2D eigenvalue weighted by Crippen LogP contribution is 2.40. The quantitative estimate of drug-likeness (QED) is 0.897. The second kappa shape index (κ2) is 4.08. The molecule has 1 N–H and O–H groups in total. The topological polar surface area (TPSA) is 55.6 Å². The van der Waals surface area contributed by atoms with Crippen LogP contribution in [0.25, 0.3) is 11.4 Å². The van der Waals surface area contributed by atoms with Gasteiger partial charge in [0.15, 0.2) is 0 Å². The minimum absolute atomic E-state index is 0.546. The van der Waals surface area contributed by atoms with Gasteiger partial charge in [0.25, 0.3) is 0 Å². The van der Waals surface area contributed by atoms with Gasteiger partial charge < -0.3 is 5.32 Å². The van der Waals surface area contributed by atoms with Crippen molar-refractivity contribution in [2.45, 2.75) is 25.7 Å². The van der Waals surface area contributed by atoms with Crippen LogP contribution in [0, 0.1) is 6.92 Å². The maximum atomic E-state index is 4.73. The smallest absolute Gasteiger partial charge is 0.134 e. The molecule has 2 heterocycles. The lowest BCUT2D eigenvalue weighted by Crippen LogP contribution is -2.06. The fraction of sp³-hybridized carbons (Fsp3) is 0.462. The molecule has 0 saturated heterocycles. The molecule has 0 unspecified atom stereocenters. The second-order valence-electron chi connectivity index (χ2n) is 4.77. The fourth-order valence-electron chi connectivity index (χ4n) is 2.16. The van der Waals surface area contributed by atoms with Gasteiger partial charge in [-0.2, -0.15) is 5.10 Å². The number of aryl methyl sites for hydroxylation is 1. The Hall–Kier alpha value is -1.91. The molecule has 18 heavy (non-hydrogen) atoms. The molecule has 1 fully saturated rings. The van der Waals surface area contributed by atoms with Crippen LogP contribution in [0.15, 0.2) is 12.3 Å². The third-order valence-corrected chi connectivity index (χ3v) is 3.41. The molecule has 0 spiro atoms. The summed E-state index contributed by atoms with van der Waals surface area (Å²) in [4.78, 5) is 9.34. The van der Waals surface area contributed by atoms with E-state index in [1.807, 2.05) is 31.8 Å². The van der Waals surface area contributed by atoms with E-state index in [1.165, 1.54) is 12.8 Å². The first kappa shape index (κ1) is 11.2. The van der Waals surface area contributed by atoms with Crippen LogP contribution in [0.4, 0.5) is 5.82 Å². The zero-order valence-corrected chi connectivity index (χ0v) is 10.9. The number of hydrogen-bond donors (Lipinski definition) is 1. The van der Waals surface area contributed by atoms with E-state index in [2.05, 4.69) is 15.4 Å². The number of anilines is 1. The zero-order valence-electron chi connectivity index (χ0n) is 10.9. The summed E-state index contributed by atoms with van der Waals surface area (Å²) >= 11 is 0. The maximum Gasteiger partial charge on any atom is 0.134 e. The van der Waals surface area contributed by atoms with Crippen LogP contribution < -0.4 is 5.32 Å². The van der Waals surface area contributed by atoms with Crippen molar-refractivity contribution in [3.63, 3.8) is 0 Å². The summed E-state index contributed by atoms with van der Waals surface area (Å²) in [6.45, 7) is 2.05. The fourth-order valence-corrected chi connectivity index (χ4v) is 2.16. The summed E-state index contributed by atoms with van der Waals surface area (Å²) in [5.41, 5.74) is 3.09. The Morgan fingerprint density at radius 2 is 2.11 bits per heavy atom. The van der Waals surface area contributed by atoms with Crippen molar-refractivity contribution >= 4 is 5.82 Å². The molecule has 1 aliphatic carbocycles. The first-order valence-corrected chi connectivity index (χ1v) is 6.25. The number of aromatic nitrogens is 4. The Bertz CT molecular complexity index is 583. The van der Waals surface area contributed by atoms with Gasteiger partial charge in [0, 0.05) is 31.8 Å². The summed E-state index contributed by atoms with van der Waals surface area (Å²) in [6.07, 6.45) is 4.21. The Morgan fingerprint density at radius 1 is 1.33 bits per heavy atom. The highest BCUT2D eigenvalue weighted by molar-refractivity contribution is 5.65. The maximum absolute atomic E-state index is 4.73. The highest BCUT2D eigenvalue weighted by Gasteiger charge is 2.28. The average Bonchev–Trinajstić information content (AvgIpc) is 3.13. The molecule has 3 rings (SSSR count). The lowest BCUT2D eigenvalue weighted by Gasteiger charge is -2.12. The minimum Gasteiger partial charge on any atom is -0.373 e. The molecule has 94 valence electrons. The van der Waals surface area contributed by atoms with E-state index >= 15 is 0 Å². The number of hydrogen-bond acceptors (Lipinski definition) is 4. The van der Waals surface area contributed by atoms with Crippen molar-refractivity contribution in [1.82, 2.24) is 19.7 Å². The van der Waals surface area contributed by atoms with Gasteiger partial charge >= 0.3 is 0 Å². The summed E-state index contributed by atoms with van der Waals surface area (Å²) in [6, 6.07) is 1.99. The van der Waals surface area contributed by atoms with E-state index in [9.17, 15) is 0 Å². The van der Waals surface area contributed by atoms with Gasteiger partial charge in [0.05, 0.1) is 11.4 Å². The lowest BCUT2D eigenvalue weighted by atomic mass is 10.1. The van der Waals surface area contributed by atoms with Crippen molar-refractivity contribution in [2.75, 3.05) is 12.4 Å². The van der Waals surface area contributed by atoms with E-state index in [-0.39, 0.29) is 0 Å². The van der Waals surface area contributed by atoms with E-state index in [0.717, 1.165) is 28.6 Å². The van der Waals surface area contributed by atoms with E-state index in [4.69, 9.17) is 4.98 Å². The van der Waals surface area contributed by atoms with Crippen molar-refractivity contribution in [2.24, 2.45) is 7.05 Å². The van der Waals surface area contributed by atoms with Gasteiger partial charge in [-0.1, -0.05) is 0 Å². The van der Waals surface area contributed by atoms with Gasteiger partial charge in [0.1, 0.15) is 11.6 Å². The molecule has 0 radical (unpaired) electrons. The predicted octanol–water partition coefficient (Wildman–Crippen LogP) is 2.10. The summed E-state index contributed by atoms with van der Waals surface area (Å²) < 4.78 is 1.85. The van der Waals surface area contributed by atoms with Gasteiger partial charge in [-0.3, -0.25) is 4.68 Å². The molecule has 5 nitrogen and oxygen atoms in total. The van der Waals surface area contributed by atoms with Crippen molar-refractivity contribution in [1.29, 1.82) is 0 Å². The molecule has 0 atom stereocenters. The second-order valence-corrected chi connectivity index (χ2v) is 4.77. The van der Waals surface area contributed by atoms with Crippen LogP contribution in [0.5, 0.6) is 0 Å². The Balaban J connectivity index is 2.18. The largest absolute Gasteiger partial charge is 0.373 e. The van der Waals surface area contributed by atoms with Crippen molar-refractivity contribution < 1.29 is 0 Å². The van der Waals surface area contributed by atoms with Crippen LogP contribution in [0.2, 0.25) is 0 Å². The first-order chi connectivity index (χ1) is 8.70. The molecule has 0 aromatic carbocycles. The van der Waals surface area contributed by atoms with Crippen LogP contribution in [-0.2, 0) is 7.05 Å². The van der Waals surface area contributed by atoms with Gasteiger partial charge in [-0.25, -0.2) is 9.97 Å². The van der Waals surface area contributed by atoms with Crippen LogP contribution >= 0.6 is 0 Å². The Morgan fingerprint density at radius 3 is 2.67 bits per heavy atom. The predicted molar refractivity (Wildman–Crippen MR) is 70.5 cm³/mol. The average molecular weight is 243 g/mol. The number of rotatable bonds is 3. The van der Waals surface area contributed by atoms with Crippen molar-refractivity contribution in [3.8, 4) is 11.4 Å². The molecule has 2 aromatic heterocycles. The van der Waals surface area contributed by atoms with Gasteiger partial charge in [0.2, 0.25) is 0 Å². The standard InChI is InChI=1S/C13H17N5/c1-8-11(10-6-7-15-18(10)3)16-13(9-4-5-9)17-12(8)14-2/h6-7,9H,4-5H2,1-3H3,(H,14,16,17). The molecule has 0 bridgehead atoms. The van der Waals surface area contributed by atoms with Crippen LogP contribution in [0.3, 0.4) is 0 Å². The Kier molecular flexibility index (Phi) is 2.54. The van der Waals surface area contributed by atoms with E-state index < -0.39 is 0 Å². The number of nitrogens with zero attached hydrogens (tertiary/aromatic N) is 4. The lowest BCUT2D eigenvalue weighted by molar-refractivity contribution is 0.770. The molecule has 5 heteroatoms. The number of nitrogens with one attached hydrogen (secondary N) is 1. The molecule has 1 saturated carbocycles. The van der Waals surface area contributed by atoms with Crippen LogP contribution in [-0.4, -0.2) is 26.8 Å². The van der Waals surface area contributed by atoms with E-state index in [1.54, 1.807) is 6.20 Å². The van der Waals surface area contributed by atoms with Crippen LogP contribution in [0.1, 0.15) is 30.1 Å². The summed E-state index contributed by atoms with van der Waals surface area (Å²) in [5, 5.41) is 7.37. The third-order valence-electron chi connectivity index (χ3n) is 3.41. The van der Waals surface area contributed by atoms with Gasteiger partial charge in [-0.05, 0) is 25.8 Å². The van der Waals surface area contributed by atoms with Gasteiger partial charge in [-0.15, -0.1) is 0 Å². The zero-order chi connectivity index (χ0) is 12.7. The van der Waals surface area contributed by atoms with Crippen molar-refractivity contribution in [3.05, 3.63) is 23.7 Å². The molecular formula is C13H17N5. The van der Waals surface area contributed by atoms with E-state index in [0.29, 0.717) is 5.92 Å². The molecule has 2 aromatic rings. The molecular weight excluding hydrogens is 226 g/mol. The molecule has 0 amide bonds. The normalized spacial score (nSPS) is 14.8. The minimum atomic E-state index is 0.546. The summed E-state index contributed by atoms with van der Waals surface area (Å²) in [5.74, 6) is 2.42. The first-order valence-electron chi connectivity index (χ1n) is 6.25. The summed E-state index contributed by atoms with van der Waals surface area (Å²) in [7, 11) is 3.84. The molecule has 0 aliphatic heterocycles. The molecule has 1 aliphatic rings. The SMILES string of the molecule is CNc1nc(C2CC2)nc(-c2ccnn2C)c1C. The Labute approximate surface area is 106 Å². The third kappa shape index (κ3) is 1.75. The monoisotopic (exact) mass is 243 g/mol.